The number of anilines is 1. The predicted molar refractivity (Wildman–Crippen MR) is 79.6 cm³/mol. The van der Waals surface area contributed by atoms with E-state index < -0.39 is 0 Å². The van der Waals surface area contributed by atoms with E-state index >= 15 is 0 Å². The Morgan fingerprint density at radius 3 is 2.68 bits per heavy atom. The van der Waals surface area contributed by atoms with Crippen molar-refractivity contribution in [1.29, 1.82) is 0 Å². The van der Waals surface area contributed by atoms with Crippen molar-refractivity contribution in [2.45, 2.75) is 13.3 Å². The minimum atomic E-state index is -0.278. The number of esters is 1. The van der Waals surface area contributed by atoms with Crippen LogP contribution < -0.4 is 10.1 Å². The Hall–Kier alpha value is -1.49. The summed E-state index contributed by atoms with van der Waals surface area (Å²) < 4.78 is 10.7. The van der Waals surface area contributed by atoms with E-state index in [0.717, 1.165) is 15.9 Å². The average Bonchev–Trinajstić information content (AvgIpc) is 2.43. The van der Waals surface area contributed by atoms with Crippen LogP contribution in [0.5, 0.6) is 5.75 Å². The first-order valence-electron chi connectivity index (χ1n) is 5.97. The molecule has 5 heteroatoms. The molecule has 1 N–H and O–H groups in total. The van der Waals surface area contributed by atoms with E-state index in [-0.39, 0.29) is 5.97 Å². The number of carbonyl (C=O) groups excluding carboxylic acids is 1. The largest absolute Gasteiger partial charge is 0.496 e. The van der Waals surface area contributed by atoms with Gasteiger partial charge in [-0.05, 0) is 40.5 Å². The fourth-order valence-corrected chi connectivity index (χ4v) is 2.11. The highest BCUT2D eigenvalue weighted by Gasteiger charge is 2.06. The number of nitrogens with one attached hydrogen (secondary N) is 1. The molecule has 0 fully saturated rings. The molecule has 0 aliphatic carbocycles. The van der Waals surface area contributed by atoms with Crippen LogP contribution in [0, 0.1) is 0 Å². The molecule has 104 valence electrons. The van der Waals surface area contributed by atoms with Gasteiger partial charge in [0.15, 0.2) is 0 Å². The number of carbonyl (C=O) groups is 1. The Morgan fingerprint density at radius 2 is 2.16 bits per heavy atom. The van der Waals surface area contributed by atoms with Crippen molar-refractivity contribution in [3.63, 3.8) is 0 Å². The Labute approximate surface area is 121 Å². The summed E-state index contributed by atoms with van der Waals surface area (Å²) in [7, 11) is 3.01. The van der Waals surface area contributed by atoms with Crippen molar-refractivity contribution >= 4 is 27.6 Å². The second-order valence-electron chi connectivity index (χ2n) is 3.80. The summed E-state index contributed by atoms with van der Waals surface area (Å²) in [6, 6.07) is 5.72. The number of benzene rings is 1. The van der Waals surface area contributed by atoms with Crippen LogP contribution in [0.25, 0.3) is 0 Å². The number of rotatable bonds is 6. The number of halogens is 1. The van der Waals surface area contributed by atoms with Crippen molar-refractivity contribution in [1.82, 2.24) is 0 Å². The molecular formula is C14H18BrNO3. The van der Waals surface area contributed by atoms with Gasteiger partial charge in [0.1, 0.15) is 5.75 Å². The molecule has 0 bridgehead atoms. The van der Waals surface area contributed by atoms with E-state index in [1.54, 1.807) is 7.11 Å². The zero-order valence-corrected chi connectivity index (χ0v) is 12.9. The lowest BCUT2D eigenvalue weighted by Crippen LogP contribution is -2.07. The van der Waals surface area contributed by atoms with E-state index in [4.69, 9.17) is 9.47 Å². The lowest BCUT2D eigenvalue weighted by atomic mass is 10.2. The molecule has 0 spiro atoms. The summed E-state index contributed by atoms with van der Waals surface area (Å²) in [6.45, 7) is 2.49. The van der Waals surface area contributed by atoms with E-state index in [9.17, 15) is 4.79 Å². The molecule has 19 heavy (non-hydrogen) atoms. The third-order valence-electron chi connectivity index (χ3n) is 2.63. The van der Waals surface area contributed by atoms with Gasteiger partial charge in [-0.15, -0.1) is 0 Å². The van der Waals surface area contributed by atoms with Gasteiger partial charge < -0.3 is 14.8 Å². The van der Waals surface area contributed by atoms with Crippen molar-refractivity contribution < 1.29 is 14.3 Å². The Morgan fingerprint density at radius 1 is 1.42 bits per heavy atom. The average molecular weight is 328 g/mol. The molecule has 4 nitrogen and oxygen atoms in total. The molecule has 0 saturated heterocycles. The summed E-state index contributed by atoms with van der Waals surface area (Å²) in [4.78, 5) is 11.4. The quantitative estimate of drug-likeness (QED) is 0.642. The van der Waals surface area contributed by atoms with Gasteiger partial charge in [-0.1, -0.05) is 13.0 Å². The van der Waals surface area contributed by atoms with Crippen LogP contribution in [-0.2, 0) is 9.53 Å². The number of methoxy groups -OCH3 is 2. The Kier molecular flexibility index (Phi) is 6.42. The van der Waals surface area contributed by atoms with E-state index in [2.05, 4.69) is 21.2 Å². The summed E-state index contributed by atoms with van der Waals surface area (Å²) in [5, 5.41) is 3.21. The lowest BCUT2D eigenvalue weighted by molar-refractivity contribution is -0.136. The maximum absolute atomic E-state index is 11.4. The molecule has 0 aliphatic heterocycles. The molecule has 0 unspecified atom stereocenters. The molecule has 0 heterocycles. The fourth-order valence-electron chi connectivity index (χ4n) is 1.57. The van der Waals surface area contributed by atoms with Crippen molar-refractivity contribution in [2.24, 2.45) is 0 Å². The molecule has 0 atom stereocenters. The van der Waals surface area contributed by atoms with Crippen molar-refractivity contribution in [2.75, 3.05) is 26.1 Å². The van der Waals surface area contributed by atoms with Crippen LogP contribution in [0.1, 0.15) is 13.3 Å². The third kappa shape index (κ3) is 4.59. The summed E-state index contributed by atoms with van der Waals surface area (Å²) in [5.41, 5.74) is 1.62. The SMILES string of the molecule is CC/C(=C/CNc1ccc(OC)c(Br)c1)C(=O)OC. The molecule has 1 aromatic rings. The molecule has 0 saturated carbocycles. The van der Waals surface area contributed by atoms with Gasteiger partial charge >= 0.3 is 5.97 Å². The summed E-state index contributed by atoms with van der Waals surface area (Å²) in [6.07, 6.45) is 2.49. The first kappa shape index (κ1) is 15.6. The second-order valence-corrected chi connectivity index (χ2v) is 4.66. The van der Waals surface area contributed by atoms with Gasteiger partial charge in [-0.25, -0.2) is 4.79 Å². The van der Waals surface area contributed by atoms with Gasteiger partial charge in [0.2, 0.25) is 0 Å². The zero-order chi connectivity index (χ0) is 14.3. The molecule has 0 amide bonds. The van der Waals surface area contributed by atoms with Crippen LogP contribution in [0.2, 0.25) is 0 Å². The zero-order valence-electron chi connectivity index (χ0n) is 11.3. The highest BCUT2D eigenvalue weighted by Crippen LogP contribution is 2.27. The highest BCUT2D eigenvalue weighted by molar-refractivity contribution is 9.10. The van der Waals surface area contributed by atoms with Crippen LogP contribution in [-0.4, -0.2) is 26.7 Å². The van der Waals surface area contributed by atoms with Gasteiger partial charge in [-0.2, -0.15) is 0 Å². The van der Waals surface area contributed by atoms with Crippen molar-refractivity contribution in [3.8, 4) is 5.75 Å². The maximum atomic E-state index is 11.4. The monoisotopic (exact) mass is 327 g/mol. The van der Waals surface area contributed by atoms with Gasteiger partial charge in [0.05, 0.1) is 18.7 Å². The predicted octanol–water partition coefficient (Wildman–Crippen LogP) is 3.38. The third-order valence-corrected chi connectivity index (χ3v) is 3.25. The van der Waals surface area contributed by atoms with E-state index in [0.29, 0.717) is 18.5 Å². The minimum absolute atomic E-state index is 0.278. The molecule has 1 aromatic carbocycles. The maximum Gasteiger partial charge on any atom is 0.333 e. The van der Waals surface area contributed by atoms with Crippen LogP contribution in [0.4, 0.5) is 5.69 Å². The first-order valence-corrected chi connectivity index (χ1v) is 6.76. The molecule has 1 rings (SSSR count). The first-order chi connectivity index (χ1) is 9.12. The number of hydrogen-bond acceptors (Lipinski definition) is 4. The topological polar surface area (TPSA) is 47.6 Å². The smallest absolute Gasteiger partial charge is 0.333 e. The second kappa shape index (κ2) is 7.84. The Bertz CT molecular complexity index is 472. The van der Waals surface area contributed by atoms with Gasteiger partial charge in [0.25, 0.3) is 0 Å². The van der Waals surface area contributed by atoms with Gasteiger partial charge in [-0.3, -0.25) is 0 Å². The van der Waals surface area contributed by atoms with Crippen LogP contribution in [0.3, 0.4) is 0 Å². The van der Waals surface area contributed by atoms with Crippen LogP contribution in [0.15, 0.2) is 34.3 Å². The highest BCUT2D eigenvalue weighted by atomic mass is 79.9. The number of ether oxygens (including phenoxy) is 2. The number of hydrogen-bond donors (Lipinski definition) is 1. The minimum Gasteiger partial charge on any atom is -0.496 e. The molecule has 0 radical (unpaired) electrons. The fraction of sp³-hybridized carbons (Fsp3) is 0.357. The normalized spacial score (nSPS) is 11.1. The van der Waals surface area contributed by atoms with E-state index in [1.807, 2.05) is 31.2 Å². The molecule has 0 aromatic heterocycles. The lowest BCUT2D eigenvalue weighted by Gasteiger charge is -2.08. The molecular weight excluding hydrogens is 310 g/mol. The standard InChI is InChI=1S/C14H18BrNO3/c1-4-10(14(17)19-3)7-8-16-11-5-6-13(18-2)12(15)9-11/h5-7,9,16H,4,8H2,1-3H3/b10-7-. The summed E-state index contributed by atoms with van der Waals surface area (Å²) in [5.74, 6) is 0.505. The van der Waals surface area contributed by atoms with Crippen molar-refractivity contribution in [3.05, 3.63) is 34.3 Å². The van der Waals surface area contributed by atoms with Crippen LogP contribution >= 0.6 is 15.9 Å². The molecule has 0 aliphatic rings. The van der Waals surface area contributed by atoms with E-state index in [1.165, 1.54) is 7.11 Å². The van der Waals surface area contributed by atoms with Gasteiger partial charge in [0, 0.05) is 17.8 Å². The Balaban J connectivity index is 2.64. The summed E-state index contributed by atoms with van der Waals surface area (Å²) >= 11 is 3.42.